The molecule has 0 aromatic heterocycles. The van der Waals surface area contributed by atoms with Crippen LogP contribution in [-0.2, 0) is 0 Å². The quantitative estimate of drug-likeness (QED) is 0.644. The number of amides is 3. The molecule has 4 N–H and O–H groups in total. The number of benzene rings is 1. The van der Waals surface area contributed by atoms with E-state index in [9.17, 15) is 14.7 Å². The highest BCUT2D eigenvalue weighted by Crippen LogP contribution is 2.12. The van der Waals surface area contributed by atoms with Gasteiger partial charge in [0.15, 0.2) is 0 Å². The minimum absolute atomic E-state index is 0.111. The fourth-order valence-corrected chi connectivity index (χ4v) is 2.25. The fourth-order valence-electron chi connectivity index (χ4n) is 2.25. The second kappa shape index (κ2) is 8.68. The third-order valence-corrected chi connectivity index (χ3v) is 3.18. The first-order valence-electron chi connectivity index (χ1n) is 8.21. The molecule has 0 radical (unpaired) electrons. The Labute approximate surface area is 144 Å². The summed E-state index contributed by atoms with van der Waals surface area (Å²) in [7, 11) is 0. The Hall–Kier alpha value is -2.08. The highest BCUT2D eigenvalue weighted by atomic mass is 16.3. The fraction of sp³-hybridized carbons (Fsp3) is 0.556. The van der Waals surface area contributed by atoms with Crippen LogP contribution >= 0.6 is 0 Å². The molecule has 0 saturated carbocycles. The molecule has 0 aliphatic heterocycles. The Balaban J connectivity index is 2.70. The van der Waals surface area contributed by atoms with Crippen molar-refractivity contribution in [3.05, 3.63) is 29.8 Å². The molecule has 0 saturated heterocycles. The lowest BCUT2D eigenvalue weighted by Gasteiger charge is -2.21. The Morgan fingerprint density at radius 2 is 1.88 bits per heavy atom. The Bertz CT molecular complexity index is 565. The zero-order chi connectivity index (χ0) is 18.3. The SMILES string of the molecule is CC(C)C[C@@H](CO)NC(=O)Nc1cccc(C(=O)NC(C)(C)C)c1. The zero-order valence-corrected chi connectivity index (χ0v) is 15.1. The van der Waals surface area contributed by atoms with Crippen LogP contribution in [0.4, 0.5) is 10.5 Å². The van der Waals surface area contributed by atoms with Crippen LogP contribution in [0.3, 0.4) is 0 Å². The molecule has 1 atom stereocenters. The van der Waals surface area contributed by atoms with E-state index in [0.29, 0.717) is 23.6 Å². The van der Waals surface area contributed by atoms with E-state index in [4.69, 9.17) is 0 Å². The van der Waals surface area contributed by atoms with Gasteiger partial charge in [0, 0.05) is 16.8 Å². The van der Waals surface area contributed by atoms with Gasteiger partial charge in [-0.2, -0.15) is 0 Å². The van der Waals surface area contributed by atoms with Gasteiger partial charge in [-0.15, -0.1) is 0 Å². The van der Waals surface area contributed by atoms with Crippen LogP contribution in [0.2, 0.25) is 0 Å². The summed E-state index contributed by atoms with van der Waals surface area (Å²) in [6.45, 7) is 9.66. The molecule has 0 spiro atoms. The summed E-state index contributed by atoms with van der Waals surface area (Å²) >= 11 is 0. The van der Waals surface area contributed by atoms with Crippen LogP contribution in [0.25, 0.3) is 0 Å². The van der Waals surface area contributed by atoms with Gasteiger partial charge < -0.3 is 21.1 Å². The largest absolute Gasteiger partial charge is 0.394 e. The summed E-state index contributed by atoms with van der Waals surface area (Å²) in [6.07, 6.45) is 0.692. The molecule has 0 aliphatic carbocycles. The molecule has 3 amide bonds. The molecule has 0 bridgehead atoms. The molecule has 1 rings (SSSR count). The second-order valence-electron chi connectivity index (χ2n) is 7.39. The third-order valence-electron chi connectivity index (χ3n) is 3.18. The Morgan fingerprint density at radius 3 is 2.42 bits per heavy atom. The lowest BCUT2D eigenvalue weighted by molar-refractivity contribution is 0.0919. The van der Waals surface area contributed by atoms with Crippen molar-refractivity contribution >= 4 is 17.6 Å². The number of anilines is 1. The minimum atomic E-state index is -0.400. The molecule has 0 unspecified atom stereocenters. The summed E-state index contributed by atoms with van der Waals surface area (Å²) < 4.78 is 0. The van der Waals surface area contributed by atoms with Gasteiger partial charge in [0.2, 0.25) is 0 Å². The number of hydrogen-bond acceptors (Lipinski definition) is 3. The molecule has 0 aliphatic rings. The van der Waals surface area contributed by atoms with E-state index in [1.165, 1.54) is 0 Å². The number of aliphatic hydroxyl groups excluding tert-OH is 1. The average molecular weight is 335 g/mol. The van der Waals surface area contributed by atoms with E-state index < -0.39 is 6.03 Å². The maximum atomic E-state index is 12.2. The molecule has 6 heteroatoms. The monoisotopic (exact) mass is 335 g/mol. The molecule has 24 heavy (non-hydrogen) atoms. The van der Waals surface area contributed by atoms with Gasteiger partial charge in [-0.1, -0.05) is 19.9 Å². The standard InChI is InChI=1S/C18H29N3O3/c1-12(2)9-15(11-22)20-17(24)19-14-8-6-7-13(10-14)16(23)21-18(3,4)5/h6-8,10,12,15,22H,9,11H2,1-5H3,(H,21,23)(H2,19,20,24)/t15-/m0/s1. The zero-order valence-electron chi connectivity index (χ0n) is 15.1. The van der Waals surface area contributed by atoms with Crippen molar-refractivity contribution in [2.45, 2.75) is 52.6 Å². The lowest BCUT2D eigenvalue weighted by atomic mass is 10.0. The van der Waals surface area contributed by atoms with Gasteiger partial charge in [0.05, 0.1) is 12.6 Å². The van der Waals surface area contributed by atoms with Crippen LogP contribution in [0.1, 0.15) is 51.4 Å². The van der Waals surface area contributed by atoms with E-state index in [1.54, 1.807) is 24.3 Å². The van der Waals surface area contributed by atoms with Crippen LogP contribution in [0.5, 0.6) is 0 Å². The highest BCUT2D eigenvalue weighted by Gasteiger charge is 2.16. The minimum Gasteiger partial charge on any atom is -0.394 e. The normalized spacial score (nSPS) is 12.6. The maximum Gasteiger partial charge on any atom is 0.319 e. The van der Waals surface area contributed by atoms with Crippen LogP contribution in [0, 0.1) is 5.92 Å². The molecule has 1 aromatic carbocycles. The van der Waals surface area contributed by atoms with E-state index in [0.717, 1.165) is 0 Å². The van der Waals surface area contributed by atoms with Gasteiger partial charge in [-0.3, -0.25) is 4.79 Å². The number of carbonyl (C=O) groups excluding carboxylic acids is 2. The number of urea groups is 1. The van der Waals surface area contributed by atoms with E-state index in [1.807, 2.05) is 34.6 Å². The predicted molar refractivity (Wildman–Crippen MR) is 96.1 cm³/mol. The van der Waals surface area contributed by atoms with Crippen molar-refractivity contribution in [3.63, 3.8) is 0 Å². The van der Waals surface area contributed by atoms with Gasteiger partial charge in [-0.05, 0) is 51.3 Å². The summed E-state index contributed by atoms with van der Waals surface area (Å²) in [5.41, 5.74) is 0.669. The molecule has 0 fully saturated rings. The van der Waals surface area contributed by atoms with Gasteiger partial charge >= 0.3 is 6.03 Å². The van der Waals surface area contributed by atoms with E-state index in [2.05, 4.69) is 16.0 Å². The maximum absolute atomic E-state index is 12.2. The van der Waals surface area contributed by atoms with E-state index >= 15 is 0 Å². The Kier molecular flexibility index (Phi) is 7.22. The highest BCUT2D eigenvalue weighted by molar-refractivity contribution is 5.97. The lowest BCUT2D eigenvalue weighted by Crippen LogP contribution is -2.41. The van der Waals surface area contributed by atoms with Crippen molar-refractivity contribution in [2.24, 2.45) is 5.92 Å². The van der Waals surface area contributed by atoms with Crippen molar-refractivity contribution in [1.82, 2.24) is 10.6 Å². The average Bonchev–Trinajstić information content (AvgIpc) is 2.44. The van der Waals surface area contributed by atoms with Crippen LogP contribution < -0.4 is 16.0 Å². The number of rotatable bonds is 6. The number of nitrogens with one attached hydrogen (secondary N) is 3. The van der Waals surface area contributed by atoms with E-state index in [-0.39, 0.29) is 24.1 Å². The molecule has 6 nitrogen and oxygen atoms in total. The molecule has 0 heterocycles. The van der Waals surface area contributed by atoms with Gasteiger partial charge in [0.1, 0.15) is 0 Å². The number of aliphatic hydroxyl groups is 1. The topological polar surface area (TPSA) is 90.5 Å². The smallest absolute Gasteiger partial charge is 0.319 e. The molecular weight excluding hydrogens is 306 g/mol. The van der Waals surface area contributed by atoms with Crippen LogP contribution in [0.15, 0.2) is 24.3 Å². The first-order valence-corrected chi connectivity index (χ1v) is 8.21. The van der Waals surface area contributed by atoms with Crippen molar-refractivity contribution in [3.8, 4) is 0 Å². The first-order chi connectivity index (χ1) is 11.1. The summed E-state index contributed by atoms with van der Waals surface area (Å²) in [6, 6.07) is 6.05. The predicted octanol–water partition coefficient (Wildman–Crippen LogP) is 2.74. The first kappa shape index (κ1) is 20.0. The Morgan fingerprint density at radius 1 is 1.21 bits per heavy atom. The van der Waals surface area contributed by atoms with Gasteiger partial charge in [0.25, 0.3) is 5.91 Å². The molecule has 134 valence electrons. The van der Waals surface area contributed by atoms with Gasteiger partial charge in [-0.25, -0.2) is 4.79 Å². The summed E-state index contributed by atoms with van der Waals surface area (Å²) in [5, 5.41) is 17.6. The van der Waals surface area contributed by atoms with Crippen molar-refractivity contribution in [2.75, 3.05) is 11.9 Å². The summed E-state index contributed by atoms with van der Waals surface area (Å²) in [4.78, 5) is 24.2. The second-order valence-corrected chi connectivity index (χ2v) is 7.39. The molecule has 1 aromatic rings. The third kappa shape index (κ3) is 7.46. The number of carbonyl (C=O) groups is 2. The summed E-state index contributed by atoms with van der Waals surface area (Å²) in [5.74, 6) is 0.173. The van der Waals surface area contributed by atoms with Crippen molar-refractivity contribution in [1.29, 1.82) is 0 Å². The van der Waals surface area contributed by atoms with Crippen molar-refractivity contribution < 1.29 is 14.7 Å². The molecular formula is C18H29N3O3. The van der Waals surface area contributed by atoms with Crippen LogP contribution in [-0.4, -0.2) is 35.2 Å². The number of hydrogen-bond donors (Lipinski definition) is 4.